The van der Waals surface area contributed by atoms with E-state index in [0.29, 0.717) is 18.5 Å². The highest BCUT2D eigenvalue weighted by molar-refractivity contribution is 6.33. The number of benzene rings is 1. The van der Waals surface area contributed by atoms with E-state index >= 15 is 0 Å². The van der Waals surface area contributed by atoms with Gasteiger partial charge in [0.05, 0.1) is 15.6 Å². The summed E-state index contributed by atoms with van der Waals surface area (Å²) in [6, 6.07) is 3.85. The second-order valence-electron chi connectivity index (χ2n) is 3.65. The molecule has 1 aromatic carbocycles. The van der Waals surface area contributed by atoms with Gasteiger partial charge in [-0.1, -0.05) is 11.6 Å². The average Bonchev–Trinajstić information content (AvgIpc) is 2.32. The van der Waals surface area contributed by atoms with Crippen LogP contribution in [0, 0.1) is 10.1 Å². The van der Waals surface area contributed by atoms with Crippen molar-refractivity contribution in [1.29, 1.82) is 0 Å². The van der Waals surface area contributed by atoms with Crippen molar-refractivity contribution in [3.63, 3.8) is 0 Å². The van der Waals surface area contributed by atoms with Crippen LogP contribution in [0.25, 0.3) is 0 Å². The molecule has 0 heterocycles. The molecule has 0 aliphatic rings. The van der Waals surface area contributed by atoms with Crippen molar-refractivity contribution in [2.45, 2.75) is 19.3 Å². The van der Waals surface area contributed by atoms with Gasteiger partial charge in [0.1, 0.15) is 0 Å². The minimum Gasteiger partial charge on any atom is -0.396 e. The fourth-order valence-corrected chi connectivity index (χ4v) is 1.55. The number of nitrogens with one attached hydrogen (secondary N) is 1. The van der Waals surface area contributed by atoms with Crippen LogP contribution in [0.5, 0.6) is 0 Å². The number of anilines is 1. The van der Waals surface area contributed by atoms with E-state index < -0.39 is 4.92 Å². The molecule has 0 fully saturated rings. The molecule has 1 rings (SSSR count). The van der Waals surface area contributed by atoms with E-state index in [4.69, 9.17) is 16.7 Å². The molecule has 0 bridgehead atoms. The molecule has 1 amide bonds. The number of nitro benzene ring substituents is 1. The second-order valence-corrected chi connectivity index (χ2v) is 4.06. The topological polar surface area (TPSA) is 92.5 Å². The van der Waals surface area contributed by atoms with E-state index in [1.165, 1.54) is 18.2 Å². The number of carbonyl (C=O) groups excluding carboxylic acids is 1. The first-order valence-electron chi connectivity index (χ1n) is 5.39. The zero-order valence-electron chi connectivity index (χ0n) is 9.56. The lowest BCUT2D eigenvalue weighted by Gasteiger charge is -2.06. The number of hydrogen-bond donors (Lipinski definition) is 2. The fourth-order valence-electron chi connectivity index (χ4n) is 1.33. The molecule has 0 radical (unpaired) electrons. The number of amides is 1. The lowest BCUT2D eigenvalue weighted by molar-refractivity contribution is -0.384. The van der Waals surface area contributed by atoms with Crippen LogP contribution in [0.1, 0.15) is 19.3 Å². The first-order chi connectivity index (χ1) is 8.54. The van der Waals surface area contributed by atoms with Gasteiger partial charge in [-0.3, -0.25) is 14.9 Å². The Kier molecular flexibility index (Phi) is 5.54. The Bertz CT molecular complexity index is 451. The summed E-state index contributed by atoms with van der Waals surface area (Å²) < 4.78 is 0. The predicted molar refractivity (Wildman–Crippen MR) is 67.7 cm³/mol. The van der Waals surface area contributed by atoms with E-state index in [-0.39, 0.29) is 29.6 Å². The summed E-state index contributed by atoms with van der Waals surface area (Å²) in [5, 5.41) is 21.8. The van der Waals surface area contributed by atoms with Gasteiger partial charge in [0.15, 0.2) is 0 Å². The van der Waals surface area contributed by atoms with Crippen molar-refractivity contribution < 1.29 is 14.8 Å². The van der Waals surface area contributed by atoms with Crippen LogP contribution in [0.4, 0.5) is 11.4 Å². The maximum atomic E-state index is 11.5. The lowest BCUT2D eigenvalue weighted by atomic mass is 10.2. The van der Waals surface area contributed by atoms with Crippen LogP contribution >= 0.6 is 11.6 Å². The molecule has 1 aromatic rings. The van der Waals surface area contributed by atoms with Gasteiger partial charge < -0.3 is 10.4 Å². The third-order valence-corrected chi connectivity index (χ3v) is 2.56. The summed E-state index contributed by atoms with van der Waals surface area (Å²) in [6.45, 7) is 0.0472. The molecular weight excluding hydrogens is 260 g/mol. The van der Waals surface area contributed by atoms with Gasteiger partial charge in [-0.05, 0) is 18.9 Å². The number of rotatable bonds is 6. The maximum Gasteiger partial charge on any atom is 0.271 e. The van der Waals surface area contributed by atoms with Crippen molar-refractivity contribution >= 4 is 28.9 Å². The van der Waals surface area contributed by atoms with Crippen LogP contribution in [-0.4, -0.2) is 22.5 Å². The maximum absolute atomic E-state index is 11.5. The summed E-state index contributed by atoms with van der Waals surface area (Å²) in [6.07, 6.45) is 1.40. The van der Waals surface area contributed by atoms with Crippen molar-refractivity contribution in [1.82, 2.24) is 0 Å². The van der Waals surface area contributed by atoms with Gasteiger partial charge in [0.2, 0.25) is 5.91 Å². The highest BCUT2D eigenvalue weighted by atomic mass is 35.5. The molecule has 0 atom stereocenters. The molecule has 0 spiro atoms. The molecule has 0 unspecified atom stereocenters. The number of aliphatic hydroxyl groups is 1. The van der Waals surface area contributed by atoms with Crippen molar-refractivity contribution in [2.75, 3.05) is 11.9 Å². The zero-order chi connectivity index (χ0) is 13.5. The van der Waals surface area contributed by atoms with Crippen LogP contribution < -0.4 is 5.32 Å². The standard InChI is InChI=1S/C11H13ClN2O4/c12-9-7-8(14(17)18)4-5-10(9)13-11(16)3-1-2-6-15/h4-5,7,15H,1-3,6H2,(H,13,16). The lowest BCUT2D eigenvalue weighted by Crippen LogP contribution is -2.11. The molecule has 0 saturated carbocycles. The fraction of sp³-hybridized carbons (Fsp3) is 0.364. The monoisotopic (exact) mass is 272 g/mol. The van der Waals surface area contributed by atoms with E-state index in [1.807, 2.05) is 0 Å². The van der Waals surface area contributed by atoms with Crippen molar-refractivity contribution in [2.24, 2.45) is 0 Å². The third kappa shape index (κ3) is 4.31. The van der Waals surface area contributed by atoms with Gasteiger partial charge >= 0.3 is 0 Å². The summed E-state index contributed by atoms with van der Waals surface area (Å²) in [5.41, 5.74) is 0.217. The first kappa shape index (κ1) is 14.4. The van der Waals surface area contributed by atoms with Gasteiger partial charge in [0, 0.05) is 25.2 Å². The van der Waals surface area contributed by atoms with E-state index in [1.54, 1.807) is 0 Å². The number of halogens is 1. The SMILES string of the molecule is O=C(CCCCO)Nc1ccc([N+](=O)[O-])cc1Cl. The minimum absolute atomic E-state index is 0.0472. The van der Waals surface area contributed by atoms with Crippen molar-refractivity contribution in [3.05, 3.63) is 33.3 Å². The number of unbranched alkanes of at least 4 members (excludes halogenated alkanes) is 1. The van der Waals surface area contributed by atoms with Crippen LogP contribution in [0.2, 0.25) is 5.02 Å². The Balaban J connectivity index is 2.62. The van der Waals surface area contributed by atoms with Gasteiger partial charge in [-0.15, -0.1) is 0 Å². The number of nitrogens with zero attached hydrogens (tertiary/aromatic N) is 1. The van der Waals surface area contributed by atoms with Crippen LogP contribution in [0.3, 0.4) is 0 Å². The molecule has 2 N–H and O–H groups in total. The number of carbonyl (C=O) groups is 1. The first-order valence-corrected chi connectivity index (χ1v) is 5.77. The molecule has 0 aliphatic carbocycles. The highest BCUT2D eigenvalue weighted by Gasteiger charge is 2.11. The van der Waals surface area contributed by atoms with Crippen LogP contribution in [-0.2, 0) is 4.79 Å². The van der Waals surface area contributed by atoms with Gasteiger partial charge in [0.25, 0.3) is 5.69 Å². The Morgan fingerprint density at radius 3 is 2.72 bits per heavy atom. The highest BCUT2D eigenvalue weighted by Crippen LogP contribution is 2.26. The molecular formula is C11H13ClN2O4. The summed E-state index contributed by atoms with van der Waals surface area (Å²) >= 11 is 5.82. The molecule has 7 heteroatoms. The molecule has 0 aromatic heterocycles. The van der Waals surface area contributed by atoms with Gasteiger partial charge in [-0.2, -0.15) is 0 Å². The van der Waals surface area contributed by atoms with E-state index in [0.717, 1.165) is 0 Å². The Morgan fingerprint density at radius 1 is 1.44 bits per heavy atom. The number of hydrogen-bond acceptors (Lipinski definition) is 4. The number of nitro groups is 1. The molecule has 6 nitrogen and oxygen atoms in total. The summed E-state index contributed by atoms with van der Waals surface area (Å²) in [4.78, 5) is 21.4. The Hall–Kier alpha value is -1.66. The Morgan fingerprint density at radius 2 is 2.17 bits per heavy atom. The zero-order valence-corrected chi connectivity index (χ0v) is 10.3. The van der Waals surface area contributed by atoms with E-state index in [9.17, 15) is 14.9 Å². The Labute approximate surface area is 109 Å². The quantitative estimate of drug-likeness (QED) is 0.472. The predicted octanol–water partition coefficient (Wildman–Crippen LogP) is 2.35. The second kappa shape index (κ2) is 6.93. The normalized spacial score (nSPS) is 10.1. The molecule has 98 valence electrons. The average molecular weight is 273 g/mol. The summed E-state index contributed by atoms with van der Waals surface area (Å²) in [7, 11) is 0. The van der Waals surface area contributed by atoms with Gasteiger partial charge in [-0.25, -0.2) is 0 Å². The molecule has 18 heavy (non-hydrogen) atoms. The smallest absolute Gasteiger partial charge is 0.271 e. The minimum atomic E-state index is -0.557. The van der Waals surface area contributed by atoms with E-state index in [2.05, 4.69) is 5.32 Å². The number of non-ortho nitro benzene ring substituents is 1. The molecule has 0 saturated heterocycles. The largest absolute Gasteiger partial charge is 0.396 e. The summed E-state index contributed by atoms with van der Waals surface area (Å²) in [5.74, 6) is -0.237. The third-order valence-electron chi connectivity index (χ3n) is 2.25. The number of aliphatic hydroxyl groups excluding tert-OH is 1. The molecule has 0 aliphatic heterocycles. The van der Waals surface area contributed by atoms with Crippen molar-refractivity contribution in [3.8, 4) is 0 Å². The van der Waals surface area contributed by atoms with Crippen LogP contribution in [0.15, 0.2) is 18.2 Å².